The lowest BCUT2D eigenvalue weighted by molar-refractivity contribution is -0.135. The summed E-state index contributed by atoms with van der Waals surface area (Å²) in [6.07, 6.45) is 0. The van der Waals surface area contributed by atoms with Crippen molar-refractivity contribution in [2.45, 2.75) is 52.4 Å². The second-order valence-corrected chi connectivity index (χ2v) is 11.5. The molecule has 4 rings (SSSR count). The molecule has 0 saturated heterocycles. The molecule has 4 aromatic rings. The van der Waals surface area contributed by atoms with Crippen molar-refractivity contribution >= 4 is 34.6 Å². The number of carbonyl (C=O) groups excluding carboxylic acids is 2. The molecule has 0 spiro atoms. The minimum Gasteiger partial charge on any atom is -0.273 e. The average molecular weight is 505 g/mol. The molecule has 2 amide bonds. The van der Waals surface area contributed by atoms with E-state index in [0.29, 0.717) is 17.1 Å². The molecular weight excluding hydrogens is 468 g/mol. The summed E-state index contributed by atoms with van der Waals surface area (Å²) in [6, 6.07) is 34.1. The minimum atomic E-state index is -0.632. The van der Waals surface area contributed by atoms with E-state index in [1.165, 1.54) is 4.90 Å². The maximum Gasteiger partial charge on any atom is 0.321 e. The van der Waals surface area contributed by atoms with Gasteiger partial charge in [-0.15, -0.1) is 0 Å². The Balaban J connectivity index is 1.94. The second-order valence-electron chi connectivity index (χ2n) is 11.5. The monoisotopic (exact) mass is 504 g/mol. The Bertz CT molecular complexity index is 1360. The number of hydrogen-bond donors (Lipinski definition) is 0. The molecule has 0 aliphatic heterocycles. The summed E-state index contributed by atoms with van der Waals surface area (Å²) in [5, 5.41) is 0. The van der Waals surface area contributed by atoms with Crippen LogP contribution in [0, 0.1) is 0 Å². The van der Waals surface area contributed by atoms with E-state index in [4.69, 9.17) is 0 Å². The van der Waals surface area contributed by atoms with E-state index in [1.54, 1.807) is 4.90 Å². The molecule has 0 atom stereocenters. The number of benzene rings is 4. The maximum atomic E-state index is 14.4. The Hall–Kier alpha value is -4.18. The molecule has 38 heavy (non-hydrogen) atoms. The van der Waals surface area contributed by atoms with Crippen molar-refractivity contribution < 1.29 is 9.59 Å². The van der Waals surface area contributed by atoms with Crippen LogP contribution in [-0.2, 0) is 20.4 Å². The van der Waals surface area contributed by atoms with Crippen molar-refractivity contribution in [2.24, 2.45) is 0 Å². The summed E-state index contributed by atoms with van der Waals surface area (Å²) in [5.41, 5.74) is 4.37. The Kier molecular flexibility index (Phi) is 7.54. The summed E-state index contributed by atoms with van der Waals surface area (Å²) < 4.78 is 0. The van der Waals surface area contributed by atoms with Gasteiger partial charge in [-0.1, -0.05) is 108 Å². The summed E-state index contributed by atoms with van der Waals surface area (Å²) in [6.45, 7) is 13.0. The van der Waals surface area contributed by atoms with Gasteiger partial charge in [-0.3, -0.25) is 19.4 Å². The Morgan fingerprint density at radius 1 is 0.474 bits per heavy atom. The molecule has 4 aromatic carbocycles. The van der Waals surface area contributed by atoms with Crippen molar-refractivity contribution in [3.63, 3.8) is 0 Å². The van der Waals surface area contributed by atoms with Crippen LogP contribution >= 0.6 is 0 Å². The van der Waals surface area contributed by atoms with Gasteiger partial charge in [-0.05, 0) is 64.4 Å². The molecule has 194 valence electrons. The largest absolute Gasteiger partial charge is 0.321 e. The normalized spacial score (nSPS) is 11.6. The number of carbonyl (C=O) groups is 2. The molecule has 0 aliphatic rings. The summed E-state index contributed by atoms with van der Waals surface area (Å²) in [4.78, 5) is 31.7. The first-order valence-electron chi connectivity index (χ1n) is 13.0. The Labute approximate surface area is 226 Å². The first kappa shape index (κ1) is 26.9. The fourth-order valence-electron chi connectivity index (χ4n) is 4.81. The van der Waals surface area contributed by atoms with Crippen molar-refractivity contribution in [1.82, 2.24) is 0 Å². The van der Waals surface area contributed by atoms with Gasteiger partial charge in [0.05, 0.1) is 5.69 Å². The van der Waals surface area contributed by atoms with E-state index in [0.717, 1.165) is 16.8 Å². The summed E-state index contributed by atoms with van der Waals surface area (Å²) >= 11 is 0. The van der Waals surface area contributed by atoms with Crippen molar-refractivity contribution in [3.8, 4) is 0 Å². The lowest BCUT2D eigenvalue weighted by Crippen LogP contribution is -2.42. The highest BCUT2D eigenvalue weighted by Gasteiger charge is 2.36. The van der Waals surface area contributed by atoms with E-state index in [2.05, 4.69) is 47.6 Å². The quantitative estimate of drug-likeness (QED) is 0.262. The number of anilines is 4. The average Bonchev–Trinajstić information content (AvgIpc) is 2.89. The van der Waals surface area contributed by atoms with Crippen LogP contribution in [0.3, 0.4) is 0 Å². The van der Waals surface area contributed by atoms with Crippen LogP contribution in [0.15, 0.2) is 109 Å². The Morgan fingerprint density at radius 3 is 1.26 bits per heavy atom. The highest BCUT2D eigenvalue weighted by Crippen LogP contribution is 2.42. The predicted molar refractivity (Wildman–Crippen MR) is 157 cm³/mol. The number of nitrogens with zero attached hydrogens (tertiary/aromatic N) is 2. The molecule has 0 saturated carbocycles. The fraction of sp³-hybridized carbons (Fsp3) is 0.235. The van der Waals surface area contributed by atoms with Crippen molar-refractivity contribution in [3.05, 3.63) is 120 Å². The molecule has 4 heteroatoms. The summed E-state index contributed by atoms with van der Waals surface area (Å²) in [5.74, 6) is -1.26. The van der Waals surface area contributed by atoms with Crippen LogP contribution in [0.5, 0.6) is 0 Å². The highest BCUT2D eigenvalue weighted by molar-refractivity contribution is 6.47. The third kappa shape index (κ3) is 5.55. The molecule has 0 unspecified atom stereocenters. The molecule has 0 fully saturated rings. The van der Waals surface area contributed by atoms with Crippen LogP contribution < -0.4 is 9.80 Å². The zero-order chi connectivity index (χ0) is 27.5. The smallest absolute Gasteiger partial charge is 0.273 e. The Morgan fingerprint density at radius 2 is 0.868 bits per heavy atom. The van der Waals surface area contributed by atoms with E-state index in [9.17, 15) is 9.59 Å². The first-order valence-corrected chi connectivity index (χ1v) is 13.0. The van der Waals surface area contributed by atoms with Gasteiger partial charge < -0.3 is 0 Å². The first-order chi connectivity index (χ1) is 18.0. The van der Waals surface area contributed by atoms with Gasteiger partial charge in [-0.2, -0.15) is 0 Å². The number of amides is 2. The van der Waals surface area contributed by atoms with Gasteiger partial charge in [0.25, 0.3) is 0 Å². The molecule has 0 radical (unpaired) electrons. The van der Waals surface area contributed by atoms with Crippen LogP contribution in [0.2, 0.25) is 0 Å². The SMILES string of the molecule is CC(C)(C)c1cccc(N(C(=O)C(=O)N(c2ccccc2)c2ccccc2)c2ccccc2)c1C(C)(C)C. The van der Waals surface area contributed by atoms with Gasteiger partial charge in [0.2, 0.25) is 0 Å². The predicted octanol–water partition coefficient (Wildman–Crippen LogP) is 8.31. The van der Waals surface area contributed by atoms with E-state index >= 15 is 0 Å². The molecule has 0 N–H and O–H groups in total. The van der Waals surface area contributed by atoms with E-state index in [1.807, 2.05) is 103 Å². The van der Waals surface area contributed by atoms with Crippen LogP contribution in [0.25, 0.3) is 0 Å². The molecule has 0 aromatic heterocycles. The van der Waals surface area contributed by atoms with Gasteiger partial charge in [0, 0.05) is 17.1 Å². The van der Waals surface area contributed by atoms with E-state index < -0.39 is 11.8 Å². The molecule has 4 nitrogen and oxygen atoms in total. The maximum absolute atomic E-state index is 14.4. The highest BCUT2D eigenvalue weighted by atomic mass is 16.2. The zero-order valence-electron chi connectivity index (χ0n) is 23.1. The topological polar surface area (TPSA) is 40.6 Å². The van der Waals surface area contributed by atoms with E-state index in [-0.39, 0.29) is 10.8 Å². The fourth-order valence-corrected chi connectivity index (χ4v) is 4.81. The second kappa shape index (κ2) is 10.7. The van der Waals surface area contributed by atoms with Crippen LogP contribution in [0.1, 0.15) is 52.7 Å². The molecule has 0 bridgehead atoms. The minimum absolute atomic E-state index is 0.159. The standard InChI is InChI=1S/C34H36N2O2/c1-33(2,3)28-23-16-24-29(30(28)34(4,5)6)36(27-21-14-9-15-22-27)32(38)31(37)35(25-17-10-7-11-18-25)26-19-12-8-13-20-26/h7-24H,1-6H3. The number of hydrogen-bond acceptors (Lipinski definition) is 2. The zero-order valence-corrected chi connectivity index (χ0v) is 23.1. The lowest BCUT2D eigenvalue weighted by atomic mass is 9.74. The third-order valence-electron chi connectivity index (χ3n) is 6.47. The number of para-hydroxylation sites is 3. The van der Waals surface area contributed by atoms with Gasteiger partial charge in [0.15, 0.2) is 0 Å². The summed E-state index contributed by atoms with van der Waals surface area (Å²) in [7, 11) is 0. The van der Waals surface area contributed by atoms with Gasteiger partial charge in [-0.25, -0.2) is 0 Å². The van der Waals surface area contributed by atoms with Gasteiger partial charge >= 0.3 is 11.8 Å². The van der Waals surface area contributed by atoms with Crippen LogP contribution in [0.4, 0.5) is 22.7 Å². The van der Waals surface area contributed by atoms with Crippen molar-refractivity contribution in [1.29, 1.82) is 0 Å². The lowest BCUT2D eigenvalue weighted by Gasteiger charge is -2.36. The van der Waals surface area contributed by atoms with Gasteiger partial charge in [0.1, 0.15) is 0 Å². The molecule has 0 heterocycles. The number of rotatable bonds is 4. The third-order valence-corrected chi connectivity index (χ3v) is 6.47. The molecule has 0 aliphatic carbocycles. The van der Waals surface area contributed by atoms with Crippen LogP contribution in [-0.4, -0.2) is 11.8 Å². The van der Waals surface area contributed by atoms with Crippen molar-refractivity contribution in [2.75, 3.05) is 9.80 Å². The molecular formula is C34H36N2O2.